The lowest BCUT2D eigenvalue weighted by molar-refractivity contribution is -0.121. The van der Waals surface area contributed by atoms with E-state index in [0.29, 0.717) is 5.52 Å². The van der Waals surface area contributed by atoms with Gasteiger partial charge in [-0.1, -0.05) is 28.4 Å². The van der Waals surface area contributed by atoms with E-state index < -0.39 is 30.7 Å². The van der Waals surface area contributed by atoms with Gasteiger partial charge in [0.1, 0.15) is 12.3 Å². The Morgan fingerprint density at radius 2 is 2.09 bits per heavy atom. The number of hydrogen-bond acceptors (Lipinski definition) is 6. The Morgan fingerprint density at radius 1 is 1.29 bits per heavy atom. The molecular formula is C21H13Cl2F3N6O2. The molecule has 0 radical (unpaired) electrons. The number of aromatic nitrogens is 3. The van der Waals surface area contributed by atoms with Gasteiger partial charge < -0.3 is 15.4 Å². The number of allylic oxidation sites excluding steroid dienone is 1. The van der Waals surface area contributed by atoms with Crippen molar-refractivity contribution in [2.75, 3.05) is 6.54 Å². The third-order valence-corrected chi connectivity index (χ3v) is 5.21. The van der Waals surface area contributed by atoms with E-state index in [0.717, 1.165) is 6.08 Å². The van der Waals surface area contributed by atoms with Gasteiger partial charge >= 0.3 is 6.18 Å². The SMILES string of the molecule is N#Cc1cc(Cl)cc(Oc2c(Cl)ccc3c2nnn3CC(=O)NC2=C(C(F)(F)F)CNC=C2)c1. The van der Waals surface area contributed by atoms with Crippen LogP contribution in [0.2, 0.25) is 10.0 Å². The van der Waals surface area contributed by atoms with Crippen LogP contribution in [0.1, 0.15) is 5.56 Å². The lowest BCUT2D eigenvalue weighted by atomic mass is 10.1. The number of nitrogens with zero attached hydrogens (tertiary/aromatic N) is 4. The molecule has 1 aliphatic heterocycles. The summed E-state index contributed by atoms with van der Waals surface area (Å²) in [6.45, 7) is -0.874. The molecule has 2 N–H and O–H groups in total. The summed E-state index contributed by atoms with van der Waals surface area (Å²) < 4.78 is 46.6. The van der Waals surface area contributed by atoms with Crippen LogP contribution in [-0.2, 0) is 11.3 Å². The Balaban J connectivity index is 1.60. The van der Waals surface area contributed by atoms with Gasteiger partial charge in [0.05, 0.1) is 33.4 Å². The van der Waals surface area contributed by atoms with E-state index in [1.165, 1.54) is 35.1 Å². The van der Waals surface area contributed by atoms with E-state index in [1.54, 1.807) is 6.07 Å². The number of nitrogens with one attached hydrogen (secondary N) is 2. The Kier molecular flexibility index (Phi) is 6.37. The summed E-state index contributed by atoms with van der Waals surface area (Å²) in [5.41, 5.74) is -0.418. The molecular weight excluding hydrogens is 496 g/mol. The molecule has 2 aromatic carbocycles. The second-order valence-electron chi connectivity index (χ2n) is 7.03. The number of hydrogen-bond donors (Lipinski definition) is 2. The number of amides is 1. The Hall–Kier alpha value is -3.75. The molecule has 2 heterocycles. The van der Waals surface area contributed by atoms with Gasteiger partial charge in [0.15, 0.2) is 11.3 Å². The number of halogens is 5. The van der Waals surface area contributed by atoms with E-state index in [1.807, 2.05) is 6.07 Å². The third kappa shape index (κ3) is 4.93. The van der Waals surface area contributed by atoms with E-state index >= 15 is 0 Å². The summed E-state index contributed by atoms with van der Waals surface area (Å²) in [5, 5.41) is 22.2. The molecule has 34 heavy (non-hydrogen) atoms. The molecule has 0 atom stereocenters. The average molecular weight is 509 g/mol. The molecule has 174 valence electrons. The van der Waals surface area contributed by atoms with Gasteiger partial charge in [0.2, 0.25) is 5.91 Å². The second kappa shape index (κ2) is 9.24. The quantitative estimate of drug-likeness (QED) is 0.527. The molecule has 13 heteroatoms. The first-order valence-corrected chi connectivity index (χ1v) is 10.3. The maximum absolute atomic E-state index is 13.2. The first kappa shape index (κ1) is 23.4. The summed E-state index contributed by atoms with van der Waals surface area (Å²) in [4.78, 5) is 12.5. The van der Waals surface area contributed by atoms with E-state index in [2.05, 4.69) is 20.9 Å². The Labute approximate surface area is 200 Å². The summed E-state index contributed by atoms with van der Waals surface area (Å²) in [6.07, 6.45) is -2.15. The average Bonchev–Trinajstić information content (AvgIpc) is 3.17. The third-order valence-electron chi connectivity index (χ3n) is 4.69. The molecule has 0 bridgehead atoms. The first-order valence-electron chi connectivity index (χ1n) is 9.56. The van der Waals surface area contributed by atoms with Crippen LogP contribution in [0.25, 0.3) is 11.0 Å². The lowest BCUT2D eigenvalue weighted by Crippen LogP contribution is -2.34. The minimum absolute atomic E-state index is 0.111. The first-order chi connectivity index (χ1) is 16.2. The van der Waals surface area contributed by atoms with Gasteiger partial charge in [-0.05, 0) is 42.6 Å². The Morgan fingerprint density at radius 3 is 2.82 bits per heavy atom. The summed E-state index contributed by atoms with van der Waals surface area (Å²) in [7, 11) is 0. The minimum atomic E-state index is -4.60. The number of benzene rings is 2. The fourth-order valence-corrected chi connectivity index (χ4v) is 3.62. The fourth-order valence-electron chi connectivity index (χ4n) is 3.20. The van der Waals surface area contributed by atoms with E-state index in [-0.39, 0.29) is 38.3 Å². The second-order valence-corrected chi connectivity index (χ2v) is 7.88. The molecule has 0 saturated carbocycles. The summed E-state index contributed by atoms with van der Waals surface area (Å²) in [5.74, 6) is -0.392. The normalized spacial score (nSPS) is 13.5. The molecule has 1 aromatic heterocycles. The van der Waals surface area contributed by atoms with Crippen LogP contribution in [-0.4, -0.2) is 33.6 Å². The van der Waals surface area contributed by atoms with E-state index in [9.17, 15) is 18.0 Å². The predicted octanol–water partition coefficient (Wildman–Crippen LogP) is 4.45. The van der Waals surface area contributed by atoms with Crippen molar-refractivity contribution >= 4 is 40.1 Å². The molecule has 1 amide bonds. The zero-order valence-electron chi connectivity index (χ0n) is 17.0. The zero-order chi connectivity index (χ0) is 24.5. The molecule has 0 saturated heterocycles. The molecule has 8 nitrogen and oxygen atoms in total. The molecule has 4 rings (SSSR count). The maximum atomic E-state index is 13.2. The van der Waals surface area contributed by atoms with Gasteiger partial charge in [0, 0.05) is 11.6 Å². The van der Waals surface area contributed by atoms with Gasteiger partial charge in [-0.25, -0.2) is 4.68 Å². The molecule has 1 aliphatic rings. The standard InChI is InChI=1S/C21H13Cl2F3N6O2/c22-12-5-11(8-27)6-13(7-12)34-20-15(23)1-2-17-19(20)30-31-32(17)10-18(33)29-16-3-4-28-9-14(16)21(24,25)26/h1-7,28H,9-10H2,(H,29,33). The van der Waals surface area contributed by atoms with Crippen molar-refractivity contribution in [2.24, 2.45) is 0 Å². The topological polar surface area (TPSA) is 105 Å². The number of alkyl halides is 3. The highest BCUT2D eigenvalue weighted by Crippen LogP contribution is 2.36. The minimum Gasteiger partial charge on any atom is -0.453 e. The van der Waals surface area contributed by atoms with Crippen LogP contribution in [0.5, 0.6) is 11.5 Å². The number of fused-ring (bicyclic) bond motifs is 1. The number of dihydropyridines is 1. The maximum Gasteiger partial charge on any atom is 0.416 e. The number of ether oxygens (including phenoxy) is 1. The predicted molar refractivity (Wildman–Crippen MR) is 117 cm³/mol. The number of nitriles is 1. The highest BCUT2D eigenvalue weighted by molar-refractivity contribution is 6.33. The summed E-state index contributed by atoms with van der Waals surface area (Å²) in [6, 6.07) is 9.39. The van der Waals surface area contributed by atoms with Crippen LogP contribution < -0.4 is 15.4 Å². The van der Waals surface area contributed by atoms with Crippen LogP contribution in [0.4, 0.5) is 13.2 Å². The van der Waals surface area contributed by atoms with Crippen molar-refractivity contribution in [1.29, 1.82) is 5.26 Å². The van der Waals surface area contributed by atoms with Crippen LogP contribution in [0, 0.1) is 11.3 Å². The molecule has 0 fully saturated rings. The van der Waals surface area contributed by atoms with Crippen LogP contribution in [0.15, 0.2) is 53.9 Å². The van der Waals surface area contributed by atoms with Gasteiger partial charge in [-0.2, -0.15) is 18.4 Å². The smallest absolute Gasteiger partial charge is 0.416 e. The molecule has 0 spiro atoms. The highest BCUT2D eigenvalue weighted by Gasteiger charge is 2.36. The molecule has 0 unspecified atom stereocenters. The van der Waals surface area contributed by atoms with Crippen LogP contribution >= 0.6 is 23.2 Å². The molecule has 3 aromatic rings. The van der Waals surface area contributed by atoms with Crippen molar-refractivity contribution in [3.8, 4) is 17.6 Å². The number of rotatable bonds is 5. The summed E-state index contributed by atoms with van der Waals surface area (Å²) >= 11 is 12.3. The van der Waals surface area contributed by atoms with Crippen molar-refractivity contribution in [2.45, 2.75) is 12.7 Å². The van der Waals surface area contributed by atoms with Crippen molar-refractivity contribution < 1.29 is 22.7 Å². The van der Waals surface area contributed by atoms with Gasteiger partial charge in [-0.3, -0.25) is 4.79 Å². The van der Waals surface area contributed by atoms with E-state index in [4.69, 9.17) is 33.2 Å². The largest absolute Gasteiger partial charge is 0.453 e. The zero-order valence-corrected chi connectivity index (χ0v) is 18.5. The lowest BCUT2D eigenvalue weighted by Gasteiger charge is -2.20. The number of carbonyl (C=O) groups is 1. The van der Waals surface area contributed by atoms with Gasteiger partial charge in [0.25, 0.3) is 0 Å². The highest BCUT2D eigenvalue weighted by atomic mass is 35.5. The van der Waals surface area contributed by atoms with Crippen LogP contribution in [0.3, 0.4) is 0 Å². The van der Waals surface area contributed by atoms with Crippen molar-refractivity contribution in [1.82, 2.24) is 25.6 Å². The monoisotopic (exact) mass is 508 g/mol. The van der Waals surface area contributed by atoms with Gasteiger partial charge in [-0.15, -0.1) is 5.10 Å². The van der Waals surface area contributed by atoms with Crippen molar-refractivity contribution in [3.63, 3.8) is 0 Å². The Bertz CT molecular complexity index is 1390. The molecule has 0 aliphatic carbocycles. The van der Waals surface area contributed by atoms with Crippen molar-refractivity contribution in [3.05, 3.63) is 69.5 Å². The number of carbonyl (C=O) groups excluding carboxylic acids is 1. The fraction of sp³-hybridized carbons (Fsp3) is 0.143.